The van der Waals surface area contributed by atoms with Gasteiger partial charge in [0.2, 0.25) is 5.91 Å². The first-order chi connectivity index (χ1) is 9.50. The molecule has 2 aromatic carbocycles. The van der Waals surface area contributed by atoms with Crippen LogP contribution in [0.3, 0.4) is 0 Å². The van der Waals surface area contributed by atoms with E-state index in [4.69, 9.17) is 40.5 Å². The van der Waals surface area contributed by atoms with Gasteiger partial charge in [-0.3, -0.25) is 4.79 Å². The third-order valence-electron chi connectivity index (χ3n) is 2.75. The summed E-state index contributed by atoms with van der Waals surface area (Å²) in [6.45, 7) is 0. The Bertz CT molecular complexity index is 626. The van der Waals surface area contributed by atoms with E-state index in [-0.39, 0.29) is 0 Å². The summed E-state index contributed by atoms with van der Waals surface area (Å²) in [5.74, 6) is -0.597. The van der Waals surface area contributed by atoms with Crippen LogP contribution in [-0.4, -0.2) is 5.91 Å². The molecule has 0 aromatic heterocycles. The number of carbonyl (C=O) groups is 1. The Morgan fingerprint density at radius 1 is 0.950 bits per heavy atom. The number of amides is 1. The van der Waals surface area contributed by atoms with Gasteiger partial charge in [0.25, 0.3) is 0 Å². The van der Waals surface area contributed by atoms with Gasteiger partial charge in [-0.15, -0.1) is 0 Å². The van der Waals surface area contributed by atoms with Crippen LogP contribution in [0.5, 0.6) is 0 Å². The maximum Gasteiger partial charge on any atom is 0.244 e. The molecular weight excluding hydrogens is 319 g/mol. The molecule has 6 heteroatoms. The van der Waals surface area contributed by atoms with Crippen molar-refractivity contribution in [2.24, 2.45) is 5.73 Å². The molecule has 0 saturated heterocycles. The third-order valence-corrected chi connectivity index (χ3v) is 3.74. The molecule has 0 aliphatic rings. The Labute approximate surface area is 131 Å². The molecule has 1 amide bonds. The smallest absolute Gasteiger partial charge is 0.244 e. The molecule has 0 spiro atoms. The van der Waals surface area contributed by atoms with Crippen LogP contribution in [0.4, 0.5) is 5.69 Å². The van der Waals surface area contributed by atoms with Crippen LogP contribution >= 0.6 is 34.8 Å². The van der Waals surface area contributed by atoms with Gasteiger partial charge in [-0.25, -0.2) is 0 Å². The molecule has 20 heavy (non-hydrogen) atoms. The lowest BCUT2D eigenvalue weighted by atomic mass is 10.1. The summed E-state index contributed by atoms with van der Waals surface area (Å²) in [4.78, 5) is 11.7. The number of rotatable bonds is 4. The number of nitrogens with two attached hydrogens (primary N) is 1. The van der Waals surface area contributed by atoms with Gasteiger partial charge >= 0.3 is 0 Å². The number of anilines is 1. The summed E-state index contributed by atoms with van der Waals surface area (Å²) in [6, 6.07) is 11.1. The maximum atomic E-state index is 11.7. The van der Waals surface area contributed by atoms with Crippen LogP contribution in [0, 0.1) is 0 Å². The lowest BCUT2D eigenvalue weighted by molar-refractivity contribution is -0.118. The number of nitrogens with one attached hydrogen (secondary N) is 1. The Morgan fingerprint density at radius 2 is 1.50 bits per heavy atom. The molecule has 3 N–H and O–H groups in total. The van der Waals surface area contributed by atoms with E-state index in [2.05, 4.69) is 5.32 Å². The summed E-state index contributed by atoms with van der Waals surface area (Å²) < 4.78 is 0. The van der Waals surface area contributed by atoms with E-state index in [0.29, 0.717) is 26.3 Å². The highest BCUT2D eigenvalue weighted by molar-refractivity contribution is 6.36. The largest absolute Gasteiger partial charge is 0.369 e. The molecule has 0 bridgehead atoms. The molecule has 0 aliphatic carbocycles. The van der Waals surface area contributed by atoms with Crippen molar-refractivity contribution >= 4 is 46.4 Å². The first-order valence-corrected chi connectivity index (χ1v) is 6.88. The number of benzene rings is 2. The predicted octanol–water partition coefficient (Wildman–Crippen LogP) is 4.29. The van der Waals surface area contributed by atoms with Crippen molar-refractivity contribution in [2.75, 3.05) is 5.32 Å². The van der Waals surface area contributed by atoms with Crippen molar-refractivity contribution in [3.05, 3.63) is 63.1 Å². The molecule has 0 saturated carbocycles. The number of carbonyl (C=O) groups excluding carboxylic acids is 1. The van der Waals surface area contributed by atoms with Crippen LogP contribution in [0.25, 0.3) is 0 Å². The van der Waals surface area contributed by atoms with Gasteiger partial charge in [-0.2, -0.15) is 0 Å². The number of hydrogen-bond acceptors (Lipinski definition) is 2. The average molecular weight is 330 g/mol. The molecule has 0 fully saturated rings. The topological polar surface area (TPSA) is 55.1 Å². The van der Waals surface area contributed by atoms with Crippen molar-refractivity contribution in [2.45, 2.75) is 6.04 Å². The Hall–Kier alpha value is -1.42. The molecule has 0 heterocycles. The van der Waals surface area contributed by atoms with E-state index in [0.717, 1.165) is 0 Å². The number of para-hydroxylation sites is 1. The minimum absolute atomic E-state index is 0.362. The van der Waals surface area contributed by atoms with Crippen LogP contribution < -0.4 is 11.1 Å². The van der Waals surface area contributed by atoms with Gasteiger partial charge in [-0.05, 0) is 24.3 Å². The van der Waals surface area contributed by atoms with Crippen molar-refractivity contribution in [1.82, 2.24) is 0 Å². The van der Waals surface area contributed by atoms with Crippen LogP contribution in [-0.2, 0) is 4.79 Å². The Kier molecular flexibility index (Phi) is 4.76. The zero-order chi connectivity index (χ0) is 14.7. The van der Waals surface area contributed by atoms with Crippen molar-refractivity contribution in [3.63, 3.8) is 0 Å². The summed E-state index contributed by atoms with van der Waals surface area (Å²) in [7, 11) is 0. The summed E-state index contributed by atoms with van der Waals surface area (Å²) in [5, 5.41) is 4.17. The van der Waals surface area contributed by atoms with Crippen LogP contribution in [0.1, 0.15) is 11.6 Å². The highest BCUT2D eigenvalue weighted by atomic mass is 35.5. The van der Waals surface area contributed by atoms with Gasteiger partial charge in [0.15, 0.2) is 0 Å². The fourth-order valence-corrected chi connectivity index (χ4v) is 2.61. The van der Waals surface area contributed by atoms with E-state index in [9.17, 15) is 4.79 Å². The molecule has 1 atom stereocenters. The minimum atomic E-state index is -0.865. The van der Waals surface area contributed by atoms with Gasteiger partial charge in [0, 0.05) is 15.6 Å². The third kappa shape index (κ3) is 3.18. The molecule has 2 rings (SSSR count). The second-order valence-electron chi connectivity index (χ2n) is 4.09. The number of halogens is 3. The SMILES string of the molecule is NC(=O)C(Nc1ccccc1Cl)c1c(Cl)cccc1Cl. The standard InChI is InChI=1S/C14H11Cl3N2O/c15-8-4-1-2-7-11(8)19-13(14(18)20)12-9(16)5-3-6-10(12)17/h1-7,13,19H,(H2,18,20). The van der Waals surface area contributed by atoms with E-state index in [1.165, 1.54) is 0 Å². The molecule has 2 aromatic rings. The Morgan fingerprint density at radius 3 is 2.05 bits per heavy atom. The highest BCUT2D eigenvalue weighted by Crippen LogP contribution is 2.33. The van der Waals surface area contributed by atoms with Gasteiger partial charge in [-0.1, -0.05) is 53.0 Å². The molecule has 3 nitrogen and oxygen atoms in total. The monoisotopic (exact) mass is 328 g/mol. The first kappa shape index (κ1) is 15.0. The normalized spacial score (nSPS) is 11.9. The molecule has 104 valence electrons. The zero-order valence-corrected chi connectivity index (χ0v) is 12.5. The average Bonchev–Trinajstić information content (AvgIpc) is 2.39. The lowest BCUT2D eigenvalue weighted by Crippen LogP contribution is -2.28. The van der Waals surface area contributed by atoms with Gasteiger partial charge in [0.1, 0.15) is 6.04 Å². The van der Waals surface area contributed by atoms with Crippen molar-refractivity contribution < 1.29 is 4.79 Å². The Balaban J connectivity index is 2.43. The van der Waals surface area contributed by atoms with E-state index in [1.807, 2.05) is 0 Å². The fourth-order valence-electron chi connectivity index (χ4n) is 1.81. The summed E-state index contributed by atoms with van der Waals surface area (Å²) >= 11 is 18.3. The van der Waals surface area contributed by atoms with Crippen LogP contribution in [0.15, 0.2) is 42.5 Å². The highest BCUT2D eigenvalue weighted by Gasteiger charge is 2.23. The van der Waals surface area contributed by atoms with Crippen molar-refractivity contribution in [3.8, 4) is 0 Å². The predicted molar refractivity (Wildman–Crippen MR) is 83.5 cm³/mol. The summed E-state index contributed by atoms with van der Waals surface area (Å²) in [5.41, 5.74) is 6.45. The molecule has 0 radical (unpaired) electrons. The van der Waals surface area contributed by atoms with E-state index >= 15 is 0 Å². The summed E-state index contributed by atoms with van der Waals surface area (Å²) in [6.07, 6.45) is 0. The number of hydrogen-bond donors (Lipinski definition) is 2. The molecular formula is C14H11Cl3N2O. The lowest BCUT2D eigenvalue weighted by Gasteiger charge is -2.20. The minimum Gasteiger partial charge on any atom is -0.369 e. The van der Waals surface area contributed by atoms with Gasteiger partial charge in [0.05, 0.1) is 10.7 Å². The first-order valence-electron chi connectivity index (χ1n) is 5.75. The van der Waals surface area contributed by atoms with Gasteiger partial charge < -0.3 is 11.1 Å². The van der Waals surface area contributed by atoms with Crippen molar-refractivity contribution in [1.29, 1.82) is 0 Å². The van der Waals surface area contributed by atoms with Crippen LogP contribution in [0.2, 0.25) is 15.1 Å². The zero-order valence-electron chi connectivity index (χ0n) is 10.2. The van der Waals surface area contributed by atoms with E-state index in [1.54, 1.807) is 42.5 Å². The second-order valence-corrected chi connectivity index (χ2v) is 5.32. The maximum absolute atomic E-state index is 11.7. The quantitative estimate of drug-likeness (QED) is 0.879. The van der Waals surface area contributed by atoms with E-state index < -0.39 is 11.9 Å². The molecule has 0 aliphatic heterocycles. The fraction of sp³-hybridized carbons (Fsp3) is 0.0714. The number of primary amides is 1. The second kappa shape index (κ2) is 6.35. The molecule has 1 unspecified atom stereocenters.